The Labute approximate surface area is 193 Å². The normalized spacial score (nSPS) is 14.5. The molecule has 0 atom stereocenters. The van der Waals surface area contributed by atoms with E-state index < -0.39 is 0 Å². The maximum Gasteiger partial charge on any atom is 0.291 e. The highest BCUT2D eigenvalue weighted by atomic mass is 32.2. The van der Waals surface area contributed by atoms with E-state index >= 15 is 0 Å². The van der Waals surface area contributed by atoms with E-state index in [9.17, 15) is 4.79 Å². The van der Waals surface area contributed by atoms with Crippen LogP contribution in [0.2, 0.25) is 0 Å². The summed E-state index contributed by atoms with van der Waals surface area (Å²) in [7, 11) is 0. The first-order chi connectivity index (χ1) is 15.8. The number of fused-ring (bicyclic) bond motifs is 1. The monoisotopic (exact) mass is 441 g/mol. The number of benzene rings is 3. The smallest absolute Gasteiger partial charge is 0.291 e. The van der Waals surface area contributed by atoms with Gasteiger partial charge in [-0.15, -0.1) is 0 Å². The molecule has 0 aliphatic heterocycles. The van der Waals surface area contributed by atoms with Crippen LogP contribution in [0.25, 0.3) is 22.1 Å². The topological polar surface area (TPSA) is 42.2 Å². The summed E-state index contributed by atoms with van der Waals surface area (Å²) < 4.78 is 6.04. The summed E-state index contributed by atoms with van der Waals surface area (Å²) in [6, 6.07) is 26.1. The van der Waals surface area contributed by atoms with Crippen molar-refractivity contribution in [2.24, 2.45) is 0 Å². The van der Waals surface area contributed by atoms with E-state index in [2.05, 4.69) is 23.5 Å². The second-order valence-electron chi connectivity index (χ2n) is 8.37. The Bertz CT molecular complexity index is 1190. The summed E-state index contributed by atoms with van der Waals surface area (Å²) in [4.78, 5) is 13.2. The molecule has 1 aliphatic rings. The minimum Gasteiger partial charge on any atom is -0.451 e. The standard InChI is InChI=1S/C28H27NO2S/c30-28(29-22-17-15-21(16-18-22)20-9-3-1-4-10-20)27-25(19-32-23-11-5-2-6-12-23)24-13-7-8-14-26(24)31-27/h1,3-4,7-10,13-18,23H,2,5-6,11-12,19H2,(H,29,30). The van der Waals surface area contributed by atoms with Crippen LogP contribution in [0.3, 0.4) is 0 Å². The van der Waals surface area contributed by atoms with Gasteiger partial charge in [-0.1, -0.05) is 79.9 Å². The Balaban J connectivity index is 1.35. The number of carbonyl (C=O) groups excluding carboxylic acids is 1. The SMILES string of the molecule is O=C(Nc1ccc(-c2ccccc2)cc1)c1oc2ccccc2c1CSC1CCCCC1. The summed E-state index contributed by atoms with van der Waals surface area (Å²) in [5.41, 5.74) is 4.83. The first-order valence-electron chi connectivity index (χ1n) is 11.4. The molecule has 1 saturated carbocycles. The largest absolute Gasteiger partial charge is 0.451 e. The molecule has 5 rings (SSSR count). The lowest BCUT2D eigenvalue weighted by molar-refractivity contribution is 0.0998. The van der Waals surface area contributed by atoms with Crippen LogP contribution >= 0.6 is 11.8 Å². The predicted molar refractivity (Wildman–Crippen MR) is 134 cm³/mol. The maximum absolute atomic E-state index is 13.2. The van der Waals surface area contributed by atoms with Gasteiger partial charge >= 0.3 is 0 Å². The molecule has 0 spiro atoms. The highest BCUT2D eigenvalue weighted by molar-refractivity contribution is 7.99. The number of thioether (sulfide) groups is 1. The number of furan rings is 1. The quantitative estimate of drug-likeness (QED) is 0.330. The van der Waals surface area contributed by atoms with Crippen LogP contribution < -0.4 is 5.32 Å². The number of carbonyl (C=O) groups is 1. The van der Waals surface area contributed by atoms with Crippen molar-refractivity contribution in [1.82, 2.24) is 0 Å². The Kier molecular flexibility index (Phi) is 6.31. The van der Waals surface area contributed by atoms with Gasteiger partial charge < -0.3 is 9.73 Å². The molecule has 0 radical (unpaired) electrons. The van der Waals surface area contributed by atoms with E-state index in [-0.39, 0.29) is 5.91 Å². The van der Waals surface area contributed by atoms with E-state index in [1.807, 2.05) is 72.4 Å². The highest BCUT2D eigenvalue weighted by Gasteiger charge is 2.22. The second-order valence-corrected chi connectivity index (χ2v) is 9.66. The van der Waals surface area contributed by atoms with Gasteiger partial charge in [-0.05, 0) is 42.2 Å². The van der Waals surface area contributed by atoms with Crippen LogP contribution in [-0.2, 0) is 5.75 Å². The molecule has 1 fully saturated rings. The lowest BCUT2D eigenvalue weighted by Crippen LogP contribution is -2.13. The molecule has 1 amide bonds. The third kappa shape index (κ3) is 4.61. The summed E-state index contributed by atoms with van der Waals surface area (Å²) in [6.07, 6.45) is 6.53. The predicted octanol–water partition coefficient (Wildman–Crippen LogP) is 7.92. The van der Waals surface area contributed by atoms with Crippen molar-refractivity contribution >= 4 is 34.3 Å². The molecule has 3 aromatic carbocycles. The summed E-state index contributed by atoms with van der Waals surface area (Å²) in [6.45, 7) is 0. The maximum atomic E-state index is 13.2. The first kappa shape index (κ1) is 20.9. The van der Waals surface area contributed by atoms with Crippen LogP contribution in [0.15, 0.2) is 83.3 Å². The number of hydrogen-bond acceptors (Lipinski definition) is 3. The molecular weight excluding hydrogens is 414 g/mol. The third-order valence-electron chi connectivity index (χ3n) is 6.17. The zero-order chi connectivity index (χ0) is 21.8. The zero-order valence-corrected chi connectivity index (χ0v) is 18.9. The molecule has 1 N–H and O–H groups in total. The molecule has 162 valence electrons. The molecule has 4 aromatic rings. The van der Waals surface area contributed by atoms with Gasteiger partial charge in [0.15, 0.2) is 5.76 Å². The number of anilines is 1. The number of hydrogen-bond donors (Lipinski definition) is 1. The Hall–Kier alpha value is -2.98. The van der Waals surface area contributed by atoms with Crippen molar-refractivity contribution in [2.45, 2.75) is 43.1 Å². The molecule has 4 heteroatoms. The van der Waals surface area contributed by atoms with E-state index in [1.54, 1.807) is 0 Å². The summed E-state index contributed by atoms with van der Waals surface area (Å²) in [5.74, 6) is 1.05. The highest BCUT2D eigenvalue weighted by Crippen LogP contribution is 2.35. The molecule has 0 bridgehead atoms. The number of nitrogens with one attached hydrogen (secondary N) is 1. The lowest BCUT2D eigenvalue weighted by Gasteiger charge is -2.20. The second kappa shape index (κ2) is 9.66. The Morgan fingerprint density at radius 3 is 2.31 bits per heavy atom. The average Bonchev–Trinajstić information content (AvgIpc) is 3.23. The molecule has 1 aromatic heterocycles. The minimum atomic E-state index is -0.187. The van der Waals surface area contributed by atoms with Crippen molar-refractivity contribution in [1.29, 1.82) is 0 Å². The van der Waals surface area contributed by atoms with Crippen molar-refractivity contribution < 1.29 is 9.21 Å². The number of para-hydroxylation sites is 1. The minimum absolute atomic E-state index is 0.187. The van der Waals surface area contributed by atoms with E-state index in [4.69, 9.17) is 4.42 Å². The van der Waals surface area contributed by atoms with Gasteiger partial charge in [0.2, 0.25) is 0 Å². The van der Waals surface area contributed by atoms with Crippen LogP contribution in [0.1, 0.15) is 48.2 Å². The molecule has 1 heterocycles. The number of amides is 1. The molecule has 3 nitrogen and oxygen atoms in total. The molecule has 1 aliphatic carbocycles. The summed E-state index contributed by atoms with van der Waals surface area (Å²) >= 11 is 1.97. The molecule has 32 heavy (non-hydrogen) atoms. The van der Waals surface area contributed by atoms with Gasteiger partial charge in [-0.2, -0.15) is 11.8 Å². The van der Waals surface area contributed by atoms with Crippen LogP contribution in [-0.4, -0.2) is 11.2 Å². The first-order valence-corrected chi connectivity index (χ1v) is 12.4. The van der Waals surface area contributed by atoms with Gasteiger partial charge in [-0.25, -0.2) is 0 Å². The van der Waals surface area contributed by atoms with Crippen LogP contribution in [0.4, 0.5) is 5.69 Å². The van der Waals surface area contributed by atoms with E-state index in [0.29, 0.717) is 11.0 Å². The molecule has 0 unspecified atom stereocenters. The molecule has 0 saturated heterocycles. The third-order valence-corrected chi connectivity index (χ3v) is 7.57. The lowest BCUT2D eigenvalue weighted by atomic mass is 10.0. The van der Waals surface area contributed by atoms with E-state index in [0.717, 1.165) is 39.1 Å². The van der Waals surface area contributed by atoms with Gasteiger partial charge in [0.1, 0.15) is 5.58 Å². The van der Waals surface area contributed by atoms with Crippen molar-refractivity contribution in [3.8, 4) is 11.1 Å². The fraction of sp³-hybridized carbons (Fsp3) is 0.250. The van der Waals surface area contributed by atoms with Crippen LogP contribution in [0, 0.1) is 0 Å². The average molecular weight is 442 g/mol. The van der Waals surface area contributed by atoms with Crippen LogP contribution in [0.5, 0.6) is 0 Å². The Morgan fingerprint density at radius 1 is 0.844 bits per heavy atom. The fourth-order valence-electron chi connectivity index (χ4n) is 4.42. The van der Waals surface area contributed by atoms with E-state index in [1.165, 1.54) is 32.1 Å². The van der Waals surface area contributed by atoms with Crippen molar-refractivity contribution in [3.63, 3.8) is 0 Å². The summed E-state index contributed by atoms with van der Waals surface area (Å²) in [5, 5.41) is 4.76. The van der Waals surface area contributed by atoms with Gasteiger partial charge in [0.05, 0.1) is 0 Å². The number of rotatable bonds is 6. The van der Waals surface area contributed by atoms with Gasteiger partial charge in [-0.3, -0.25) is 4.79 Å². The van der Waals surface area contributed by atoms with Gasteiger partial charge in [0.25, 0.3) is 5.91 Å². The molecular formula is C28H27NO2S. The fourth-order valence-corrected chi connectivity index (χ4v) is 5.78. The van der Waals surface area contributed by atoms with Crippen molar-refractivity contribution in [3.05, 3.63) is 90.2 Å². The zero-order valence-electron chi connectivity index (χ0n) is 18.1. The van der Waals surface area contributed by atoms with Crippen molar-refractivity contribution in [2.75, 3.05) is 5.32 Å². The van der Waals surface area contributed by atoms with Gasteiger partial charge in [0, 0.05) is 27.6 Å². The Morgan fingerprint density at radius 2 is 1.53 bits per heavy atom.